The molecule has 2 aromatic rings. The molecule has 0 aliphatic carbocycles. The number of hydrogen-bond donors (Lipinski definition) is 1. The largest absolute Gasteiger partial charge is 0.496 e. The van der Waals surface area contributed by atoms with E-state index in [1.807, 2.05) is 0 Å². The molecule has 3 nitrogen and oxygen atoms in total. The van der Waals surface area contributed by atoms with Crippen molar-refractivity contribution in [2.45, 2.75) is 13.0 Å². The van der Waals surface area contributed by atoms with E-state index in [1.165, 1.54) is 12.1 Å². The topological polar surface area (TPSA) is 38.3 Å². The number of methoxy groups -OCH3 is 1. The molecule has 2 aromatic carbocycles. The van der Waals surface area contributed by atoms with Crippen molar-refractivity contribution in [2.24, 2.45) is 0 Å². The highest BCUT2D eigenvalue weighted by molar-refractivity contribution is 6.30. The van der Waals surface area contributed by atoms with Crippen LogP contribution >= 0.6 is 11.6 Å². The summed E-state index contributed by atoms with van der Waals surface area (Å²) in [5.74, 6) is 0.116. The zero-order valence-electron chi connectivity index (χ0n) is 11.5. The van der Waals surface area contributed by atoms with Crippen molar-refractivity contribution in [1.82, 2.24) is 5.32 Å². The molecule has 0 fully saturated rings. The Hall–Kier alpha value is -2.07. The maximum absolute atomic E-state index is 13.0. The molecule has 0 unspecified atom stereocenters. The number of rotatable bonds is 5. The molecule has 0 radical (unpaired) electrons. The lowest BCUT2D eigenvalue weighted by Gasteiger charge is -2.10. The predicted octanol–water partition coefficient (Wildman–Crippen LogP) is 3.35. The van der Waals surface area contributed by atoms with Crippen LogP contribution in [0.4, 0.5) is 4.39 Å². The molecule has 0 saturated carbocycles. The minimum atomic E-state index is -0.350. The van der Waals surface area contributed by atoms with Crippen LogP contribution in [-0.2, 0) is 17.8 Å². The highest BCUT2D eigenvalue weighted by Gasteiger charge is 2.07. The minimum Gasteiger partial charge on any atom is -0.496 e. The predicted molar refractivity (Wildman–Crippen MR) is 80.0 cm³/mol. The van der Waals surface area contributed by atoms with Gasteiger partial charge in [0, 0.05) is 17.1 Å². The number of ether oxygens (including phenoxy) is 1. The van der Waals surface area contributed by atoms with Gasteiger partial charge in [-0.15, -0.1) is 0 Å². The van der Waals surface area contributed by atoms with Crippen molar-refractivity contribution < 1.29 is 13.9 Å². The summed E-state index contributed by atoms with van der Waals surface area (Å²) in [6.07, 6.45) is 0.126. The number of nitrogens with one attached hydrogen (secondary N) is 1. The summed E-state index contributed by atoms with van der Waals surface area (Å²) >= 11 is 5.93. The summed E-state index contributed by atoms with van der Waals surface area (Å²) in [5, 5.41) is 3.34. The molecule has 1 N–H and O–H groups in total. The average Bonchev–Trinajstić information content (AvgIpc) is 2.45. The summed E-state index contributed by atoms with van der Waals surface area (Å²) in [5.41, 5.74) is 1.42. The maximum Gasteiger partial charge on any atom is 0.224 e. The summed E-state index contributed by atoms with van der Waals surface area (Å²) in [7, 11) is 1.56. The fourth-order valence-corrected chi connectivity index (χ4v) is 2.17. The summed E-state index contributed by atoms with van der Waals surface area (Å²) < 4.78 is 18.3. The van der Waals surface area contributed by atoms with E-state index in [2.05, 4.69) is 5.32 Å². The molecule has 0 heterocycles. The van der Waals surface area contributed by atoms with Gasteiger partial charge in [-0.2, -0.15) is 0 Å². The van der Waals surface area contributed by atoms with Gasteiger partial charge in [-0.25, -0.2) is 4.39 Å². The SMILES string of the molecule is COc1ccc(Cl)cc1CNC(=O)Cc1cccc(F)c1. The molecule has 0 spiro atoms. The second-order valence-corrected chi connectivity index (χ2v) is 4.98. The molecule has 2 rings (SSSR count). The molecule has 0 atom stereocenters. The fraction of sp³-hybridized carbons (Fsp3) is 0.188. The Labute approximate surface area is 127 Å². The van der Waals surface area contributed by atoms with Crippen LogP contribution < -0.4 is 10.1 Å². The van der Waals surface area contributed by atoms with Gasteiger partial charge in [-0.05, 0) is 35.9 Å². The first-order chi connectivity index (χ1) is 10.1. The first-order valence-electron chi connectivity index (χ1n) is 6.42. The Morgan fingerprint density at radius 1 is 1.29 bits per heavy atom. The van der Waals surface area contributed by atoms with E-state index in [0.717, 1.165) is 5.56 Å². The number of carbonyl (C=O) groups is 1. The van der Waals surface area contributed by atoms with Crippen molar-refractivity contribution in [3.63, 3.8) is 0 Å². The quantitative estimate of drug-likeness (QED) is 0.920. The number of carbonyl (C=O) groups excluding carboxylic acids is 1. The van der Waals surface area contributed by atoms with Crippen LogP contribution in [-0.4, -0.2) is 13.0 Å². The molecule has 21 heavy (non-hydrogen) atoms. The van der Waals surface area contributed by atoms with Crippen LogP contribution in [0.1, 0.15) is 11.1 Å². The Morgan fingerprint density at radius 2 is 2.10 bits per heavy atom. The van der Waals surface area contributed by atoms with E-state index in [9.17, 15) is 9.18 Å². The maximum atomic E-state index is 13.0. The molecule has 1 amide bonds. The summed E-state index contributed by atoms with van der Waals surface area (Å²) in [4.78, 5) is 11.9. The fourth-order valence-electron chi connectivity index (χ4n) is 1.97. The van der Waals surface area contributed by atoms with Crippen molar-refractivity contribution in [2.75, 3.05) is 7.11 Å². The second-order valence-electron chi connectivity index (χ2n) is 4.54. The number of halogens is 2. The van der Waals surface area contributed by atoms with Crippen LogP contribution in [0.2, 0.25) is 5.02 Å². The van der Waals surface area contributed by atoms with Gasteiger partial charge in [-0.1, -0.05) is 23.7 Å². The molecule has 0 aromatic heterocycles. The Bertz CT molecular complexity index is 646. The van der Waals surface area contributed by atoms with E-state index in [-0.39, 0.29) is 18.1 Å². The Kier molecular flexibility index (Phi) is 5.17. The summed E-state index contributed by atoms with van der Waals surface area (Å²) in [6, 6.07) is 11.2. The van der Waals surface area contributed by atoms with E-state index in [1.54, 1.807) is 37.4 Å². The molecule has 0 aliphatic rings. The van der Waals surface area contributed by atoms with Crippen LogP contribution in [0.15, 0.2) is 42.5 Å². The number of benzene rings is 2. The molecule has 0 aliphatic heterocycles. The van der Waals surface area contributed by atoms with Gasteiger partial charge in [-0.3, -0.25) is 4.79 Å². The highest BCUT2D eigenvalue weighted by atomic mass is 35.5. The summed E-state index contributed by atoms with van der Waals surface area (Å²) in [6.45, 7) is 0.303. The monoisotopic (exact) mass is 307 g/mol. The second kappa shape index (κ2) is 7.09. The zero-order chi connectivity index (χ0) is 15.2. The first-order valence-corrected chi connectivity index (χ1v) is 6.80. The van der Waals surface area contributed by atoms with Gasteiger partial charge in [0.15, 0.2) is 0 Å². The average molecular weight is 308 g/mol. The zero-order valence-corrected chi connectivity index (χ0v) is 12.3. The van der Waals surface area contributed by atoms with E-state index >= 15 is 0 Å². The van der Waals surface area contributed by atoms with E-state index < -0.39 is 0 Å². The van der Waals surface area contributed by atoms with Crippen molar-refractivity contribution in [3.05, 3.63) is 64.4 Å². The number of hydrogen-bond acceptors (Lipinski definition) is 2. The van der Waals surface area contributed by atoms with Gasteiger partial charge >= 0.3 is 0 Å². The third-order valence-electron chi connectivity index (χ3n) is 2.97. The third kappa shape index (κ3) is 4.46. The normalized spacial score (nSPS) is 10.2. The van der Waals surface area contributed by atoms with Crippen LogP contribution in [0.3, 0.4) is 0 Å². The lowest BCUT2D eigenvalue weighted by Crippen LogP contribution is -2.24. The van der Waals surface area contributed by atoms with Gasteiger partial charge in [0.2, 0.25) is 5.91 Å². The number of amides is 1. The minimum absolute atomic E-state index is 0.126. The van der Waals surface area contributed by atoms with Crippen LogP contribution in [0.25, 0.3) is 0 Å². The molecule has 5 heteroatoms. The van der Waals surface area contributed by atoms with E-state index in [4.69, 9.17) is 16.3 Å². The highest BCUT2D eigenvalue weighted by Crippen LogP contribution is 2.22. The molecular formula is C16H15ClFNO2. The standard InChI is InChI=1S/C16H15ClFNO2/c1-21-15-6-5-13(17)9-12(15)10-19-16(20)8-11-3-2-4-14(18)7-11/h2-7,9H,8,10H2,1H3,(H,19,20). The molecule has 0 saturated heterocycles. The lowest BCUT2D eigenvalue weighted by molar-refractivity contribution is -0.120. The third-order valence-corrected chi connectivity index (χ3v) is 3.21. The van der Waals surface area contributed by atoms with Gasteiger partial charge in [0.25, 0.3) is 0 Å². The van der Waals surface area contributed by atoms with Crippen molar-refractivity contribution >= 4 is 17.5 Å². The Morgan fingerprint density at radius 3 is 2.81 bits per heavy atom. The van der Waals surface area contributed by atoms with Gasteiger partial charge in [0.1, 0.15) is 11.6 Å². The molecular weight excluding hydrogens is 293 g/mol. The molecule has 110 valence electrons. The first kappa shape index (κ1) is 15.3. The molecule has 0 bridgehead atoms. The van der Waals surface area contributed by atoms with Gasteiger partial charge < -0.3 is 10.1 Å². The smallest absolute Gasteiger partial charge is 0.224 e. The van der Waals surface area contributed by atoms with Crippen LogP contribution in [0, 0.1) is 5.82 Å². The van der Waals surface area contributed by atoms with Crippen molar-refractivity contribution in [3.8, 4) is 5.75 Å². The van der Waals surface area contributed by atoms with Crippen LogP contribution in [0.5, 0.6) is 5.75 Å². The van der Waals surface area contributed by atoms with Gasteiger partial charge in [0.05, 0.1) is 13.5 Å². The van der Waals surface area contributed by atoms with Crippen molar-refractivity contribution in [1.29, 1.82) is 0 Å². The lowest BCUT2D eigenvalue weighted by atomic mass is 10.1. The Balaban J connectivity index is 1.96. The van der Waals surface area contributed by atoms with E-state index in [0.29, 0.717) is 22.9 Å².